The molecule has 3 rings (SSSR count). The van der Waals surface area contributed by atoms with Gasteiger partial charge < -0.3 is 10.1 Å². The third-order valence-corrected chi connectivity index (χ3v) is 3.97. The van der Waals surface area contributed by atoms with Crippen LogP contribution in [0.1, 0.15) is 24.8 Å². The predicted octanol–water partition coefficient (Wildman–Crippen LogP) is 2.86. The molecule has 19 heavy (non-hydrogen) atoms. The second-order valence-corrected chi connectivity index (χ2v) is 5.68. The predicted molar refractivity (Wildman–Crippen MR) is 76.4 cm³/mol. The van der Waals surface area contributed by atoms with E-state index in [9.17, 15) is 0 Å². The van der Waals surface area contributed by atoms with Gasteiger partial charge in [-0.1, -0.05) is 11.3 Å². The second kappa shape index (κ2) is 5.67. The number of hydrogen-bond acceptors (Lipinski definition) is 5. The topological polar surface area (TPSA) is 47.0 Å². The molecule has 5 heteroatoms. The fourth-order valence-electron chi connectivity index (χ4n) is 1.82. The monoisotopic (exact) mass is 275 g/mol. The first-order chi connectivity index (χ1) is 9.35. The highest BCUT2D eigenvalue weighted by atomic mass is 32.1. The lowest BCUT2D eigenvalue weighted by molar-refractivity contribution is 0.340. The average molecular weight is 275 g/mol. The third kappa shape index (κ3) is 3.30. The molecule has 1 aliphatic rings. The summed E-state index contributed by atoms with van der Waals surface area (Å²) in [5, 5.41) is 13.9. The Morgan fingerprint density at radius 2 is 2.05 bits per heavy atom. The molecule has 0 amide bonds. The molecule has 2 aromatic rings. The van der Waals surface area contributed by atoms with E-state index in [-0.39, 0.29) is 0 Å². The molecule has 0 aliphatic heterocycles. The summed E-state index contributed by atoms with van der Waals surface area (Å²) in [6.07, 6.45) is 2.59. The van der Waals surface area contributed by atoms with Gasteiger partial charge >= 0.3 is 0 Å². The maximum atomic E-state index is 5.43. The SMILES string of the molecule is CCOc1ccc(-c2nnc(CNC3CC3)s2)cc1. The number of nitrogens with one attached hydrogen (secondary N) is 1. The van der Waals surface area contributed by atoms with Gasteiger partial charge in [-0.2, -0.15) is 0 Å². The van der Waals surface area contributed by atoms with E-state index in [4.69, 9.17) is 4.74 Å². The standard InChI is InChI=1S/C14H17N3OS/c1-2-18-12-7-3-10(4-8-12)14-17-16-13(19-14)9-15-11-5-6-11/h3-4,7-8,11,15H,2,5-6,9H2,1H3. The smallest absolute Gasteiger partial charge is 0.147 e. The average Bonchev–Trinajstić information content (AvgIpc) is 3.15. The van der Waals surface area contributed by atoms with Crippen molar-refractivity contribution in [1.82, 2.24) is 15.5 Å². The molecule has 1 aliphatic carbocycles. The van der Waals surface area contributed by atoms with E-state index >= 15 is 0 Å². The largest absolute Gasteiger partial charge is 0.494 e. The summed E-state index contributed by atoms with van der Waals surface area (Å²) in [5.41, 5.74) is 1.10. The quantitative estimate of drug-likeness (QED) is 0.880. The van der Waals surface area contributed by atoms with Crippen molar-refractivity contribution in [1.29, 1.82) is 0 Å². The summed E-state index contributed by atoms with van der Waals surface area (Å²) in [6.45, 7) is 3.51. The summed E-state index contributed by atoms with van der Waals surface area (Å²) in [5.74, 6) is 0.895. The summed E-state index contributed by atoms with van der Waals surface area (Å²) >= 11 is 1.65. The van der Waals surface area contributed by atoms with Crippen LogP contribution in [0.5, 0.6) is 5.75 Å². The van der Waals surface area contributed by atoms with Crippen LogP contribution in [0, 0.1) is 0 Å². The third-order valence-electron chi connectivity index (χ3n) is 3.00. The fraction of sp³-hybridized carbons (Fsp3) is 0.429. The van der Waals surface area contributed by atoms with Crippen LogP contribution in [0.4, 0.5) is 0 Å². The molecule has 0 spiro atoms. The number of benzene rings is 1. The lowest BCUT2D eigenvalue weighted by atomic mass is 10.2. The summed E-state index contributed by atoms with van der Waals surface area (Å²) in [4.78, 5) is 0. The van der Waals surface area contributed by atoms with Gasteiger partial charge in [0, 0.05) is 18.2 Å². The van der Waals surface area contributed by atoms with Crippen LogP contribution in [0.15, 0.2) is 24.3 Å². The maximum Gasteiger partial charge on any atom is 0.147 e. The lowest BCUT2D eigenvalue weighted by Crippen LogP contribution is -2.14. The number of ether oxygens (including phenoxy) is 1. The zero-order valence-corrected chi connectivity index (χ0v) is 11.7. The molecule has 0 saturated heterocycles. The van der Waals surface area contributed by atoms with Crippen molar-refractivity contribution in [3.8, 4) is 16.3 Å². The van der Waals surface area contributed by atoms with Gasteiger partial charge in [0.2, 0.25) is 0 Å². The first-order valence-electron chi connectivity index (χ1n) is 6.64. The Bertz CT molecular complexity index is 534. The number of nitrogens with zero attached hydrogens (tertiary/aromatic N) is 2. The molecule has 0 bridgehead atoms. The van der Waals surface area contributed by atoms with Gasteiger partial charge in [-0.3, -0.25) is 0 Å². The van der Waals surface area contributed by atoms with E-state index in [1.807, 2.05) is 31.2 Å². The molecule has 1 N–H and O–H groups in total. The van der Waals surface area contributed by atoms with Gasteiger partial charge in [-0.25, -0.2) is 0 Å². The Morgan fingerprint density at radius 1 is 1.26 bits per heavy atom. The minimum absolute atomic E-state index is 0.690. The van der Waals surface area contributed by atoms with E-state index in [1.165, 1.54) is 12.8 Å². The number of hydrogen-bond donors (Lipinski definition) is 1. The van der Waals surface area contributed by atoms with E-state index < -0.39 is 0 Å². The van der Waals surface area contributed by atoms with Crippen molar-refractivity contribution in [2.24, 2.45) is 0 Å². The van der Waals surface area contributed by atoms with Crippen molar-refractivity contribution >= 4 is 11.3 Å². The first kappa shape index (κ1) is 12.6. The Labute approximate surface area is 116 Å². The van der Waals surface area contributed by atoms with Crippen molar-refractivity contribution in [2.45, 2.75) is 32.4 Å². The molecule has 1 saturated carbocycles. The molecular formula is C14H17N3OS. The molecule has 1 fully saturated rings. The molecule has 0 atom stereocenters. The Kier molecular flexibility index (Phi) is 3.75. The van der Waals surface area contributed by atoms with Gasteiger partial charge in [-0.05, 0) is 44.0 Å². The molecule has 1 aromatic heterocycles. The number of aromatic nitrogens is 2. The molecule has 1 aromatic carbocycles. The zero-order valence-electron chi connectivity index (χ0n) is 10.9. The Hall–Kier alpha value is -1.46. The highest BCUT2D eigenvalue weighted by molar-refractivity contribution is 7.14. The van der Waals surface area contributed by atoms with Crippen molar-refractivity contribution < 1.29 is 4.74 Å². The van der Waals surface area contributed by atoms with Crippen LogP contribution in [0.25, 0.3) is 10.6 Å². The van der Waals surface area contributed by atoms with E-state index in [1.54, 1.807) is 11.3 Å². The fourth-order valence-corrected chi connectivity index (χ4v) is 2.62. The van der Waals surface area contributed by atoms with Gasteiger partial charge in [0.05, 0.1) is 6.61 Å². The van der Waals surface area contributed by atoms with E-state index in [2.05, 4.69) is 15.5 Å². The maximum absolute atomic E-state index is 5.43. The zero-order chi connectivity index (χ0) is 13.1. The Balaban J connectivity index is 1.66. The first-order valence-corrected chi connectivity index (χ1v) is 7.46. The molecular weight excluding hydrogens is 258 g/mol. The number of rotatable bonds is 6. The molecule has 100 valence electrons. The van der Waals surface area contributed by atoms with Crippen molar-refractivity contribution in [3.63, 3.8) is 0 Å². The minimum Gasteiger partial charge on any atom is -0.494 e. The van der Waals surface area contributed by atoms with E-state index in [0.29, 0.717) is 12.6 Å². The van der Waals surface area contributed by atoms with Crippen LogP contribution >= 0.6 is 11.3 Å². The van der Waals surface area contributed by atoms with Gasteiger partial charge in [0.1, 0.15) is 15.8 Å². The minimum atomic E-state index is 0.690. The van der Waals surface area contributed by atoms with Gasteiger partial charge in [0.15, 0.2) is 0 Å². The summed E-state index contributed by atoms with van der Waals surface area (Å²) in [7, 11) is 0. The van der Waals surface area contributed by atoms with Gasteiger partial charge in [-0.15, -0.1) is 10.2 Å². The highest BCUT2D eigenvalue weighted by Crippen LogP contribution is 2.26. The van der Waals surface area contributed by atoms with Gasteiger partial charge in [0.25, 0.3) is 0 Å². The highest BCUT2D eigenvalue weighted by Gasteiger charge is 2.20. The van der Waals surface area contributed by atoms with Crippen molar-refractivity contribution in [3.05, 3.63) is 29.3 Å². The summed E-state index contributed by atoms with van der Waals surface area (Å²) < 4.78 is 5.43. The second-order valence-electron chi connectivity index (χ2n) is 4.61. The normalized spacial score (nSPS) is 14.6. The molecule has 0 radical (unpaired) electrons. The molecule has 0 unspecified atom stereocenters. The van der Waals surface area contributed by atoms with Crippen molar-refractivity contribution in [2.75, 3.05) is 6.61 Å². The van der Waals surface area contributed by atoms with Crippen LogP contribution in [-0.2, 0) is 6.54 Å². The summed E-state index contributed by atoms with van der Waals surface area (Å²) in [6, 6.07) is 8.72. The lowest BCUT2D eigenvalue weighted by Gasteiger charge is -2.02. The Morgan fingerprint density at radius 3 is 2.74 bits per heavy atom. The molecule has 1 heterocycles. The molecule has 4 nitrogen and oxygen atoms in total. The van der Waals surface area contributed by atoms with Crippen LogP contribution in [-0.4, -0.2) is 22.8 Å². The van der Waals surface area contributed by atoms with Crippen LogP contribution in [0.3, 0.4) is 0 Å². The van der Waals surface area contributed by atoms with Crippen LogP contribution in [0.2, 0.25) is 0 Å². The van der Waals surface area contributed by atoms with E-state index in [0.717, 1.165) is 27.9 Å². The van der Waals surface area contributed by atoms with Crippen LogP contribution < -0.4 is 10.1 Å².